The largest absolute Gasteiger partial charge is 0.192 e. The lowest BCUT2D eigenvalue weighted by Gasteiger charge is -2.05. The molecule has 0 atom stereocenters. The van der Waals surface area contributed by atoms with Gasteiger partial charge in [-0.25, -0.2) is 0 Å². The van der Waals surface area contributed by atoms with Crippen molar-refractivity contribution in [1.29, 1.82) is 5.26 Å². The van der Waals surface area contributed by atoms with Gasteiger partial charge in [0, 0.05) is 0 Å². The molecule has 1 heteroatoms. The summed E-state index contributed by atoms with van der Waals surface area (Å²) < 4.78 is 0. The van der Waals surface area contributed by atoms with Crippen LogP contribution in [0.3, 0.4) is 0 Å². The number of rotatable bonds is 0. The second-order valence-corrected chi connectivity index (χ2v) is 4.10. The minimum Gasteiger partial charge on any atom is -0.192 e. The van der Waals surface area contributed by atoms with E-state index in [4.69, 9.17) is 5.26 Å². The van der Waals surface area contributed by atoms with E-state index in [-0.39, 0.29) is 0 Å². The second-order valence-electron chi connectivity index (χ2n) is 4.10. The molecule has 0 N–H and O–H groups in total. The smallest absolute Gasteiger partial charge is 0.0991 e. The molecule has 0 aliphatic heterocycles. The van der Waals surface area contributed by atoms with Gasteiger partial charge in [-0.2, -0.15) is 5.26 Å². The van der Waals surface area contributed by atoms with E-state index >= 15 is 0 Å². The van der Waals surface area contributed by atoms with E-state index in [1.807, 2.05) is 18.2 Å². The molecule has 0 saturated carbocycles. The molecule has 0 spiro atoms. The van der Waals surface area contributed by atoms with Gasteiger partial charge in [-0.15, -0.1) is 0 Å². The summed E-state index contributed by atoms with van der Waals surface area (Å²) in [6, 6.07) is 12.6. The number of hydrogen-bond donors (Lipinski definition) is 0. The van der Waals surface area contributed by atoms with Crippen molar-refractivity contribution in [1.82, 2.24) is 0 Å². The van der Waals surface area contributed by atoms with Gasteiger partial charge < -0.3 is 0 Å². The summed E-state index contributed by atoms with van der Waals surface area (Å²) in [6.45, 7) is 0. The zero-order valence-electron chi connectivity index (χ0n) is 8.46. The molecular weight excluding hydrogens is 182 g/mol. The first kappa shape index (κ1) is 8.49. The van der Waals surface area contributed by atoms with Gasteiger partial charge in [0.05, 0.1) is 11.6 Å². The van der Waals surface area contributed by atoms with Gasteiger partial charge >= 0.3 is 0 Å². The van der Waals surface area contributed by atoms with E-state index in [1.165, 1.54) is 41.2 Å². The summed E-state index contributed by atoms with van der Waals surface area (Å²) in [5.41, 5.74) is 3.70. The van der Waals surface area contributed by atoms with Crippen molar-refractivity contribution in [2.24, 2.45) is 0 Å². The van der Waals surface area contributed by atoms with Crippen molar-refractivity contribution in [3.05, 3.63) is 47.0 Å². The normalized spacial score (nSPS) is 13.8. The van der Waals surface area contributed by atoms with E-state index in [1.54, 1.807) is 0 Å². The molecule has 15 heavy (non-hydrogen) atoms. The van der Waals surface area contributed by atoms with Gasteiger partial charge in [0.15, 0.2) is 0 Å². The van der Waals surface area contributed by atoms with Crippen LogP contribution in [0.25, 0.3) is 10.8 Å². The van der Waals surface area contributed by atoms with Gasteiger partial charge in [-0.05, 0) is 53.3 Å². The zero-order chi connectivity index (χ0) is 10.3. The average molecular weight is 193 g/mol. The van der Waals surface area contributed by atoms with Crippen LogP contribution in [-0.4, -0.2) is 0 Å². The van der Waals surface area contributed by atoms with Crippen molar-refractivity contribution in [3.8, 4) is 6.07 Å². The van der Waals surface area contributed by atoms with Crippen LogP contribution < -0.4 is 0 Å². The van der Waals surface area contributed by atoms with Gasteiger partial charge in [0.2, 0.25) is 0 Å². The van der Waals surface area contributed by atoms with Crippen LogP contribution in [0.15, 0.2) is 30.3 Å². The van der Waals surface area contributed by atoms with Crippen LogP contribution in [0, 0.1) is 11.3 Å². The van der Waals surface area contributed by atoms with Crippen LogP contribution in [0.2, 0.25) is 0 Å². The predicted octanol–water partition coefficient (Wildman–Crippen LogP) is 3.20. The highest BCUT2D eigenvalue weighted by Gasteiger charge is 2.13. The molecular formula is C14H11N. The number of fused-ring (bicyclic) bond motifs is 3. The Labute approximate surface area is 89.0 Å². The predicted molar refractivity (Wildman–Crippen MR) is 60.7 cm³/mol. The van der Waals surface area contributed by atoms with Gasteiger partial charge in [-0.3, -0.25) is 0 Å². The lowest BCUT2D eigenvalue weighted by molar-refractivity contribution is 0.913. The fraction of sp³-hybridized carbons (Fsp3) is 0.214. The van der Waals surface area contributed by atoms with Gasteiger partial charge in [0.25, 0.3) is 0 Å². The Hall–Kier alpha value is -1.81. The summed E-state index contributed by atoms with van der Waals surface area (Å²) in [5, 5.41) is 11.4. The Bertz CT molecular complexity index is 576. The van der Waals surface area contributed by atoms with Gasteiger partial charge in [-0.1, -0.05) is 18.2 Å². The molecule has 0 radical (unpaired) electrons. The van der Waals surface area contributed by atoms with E-state index < -0.39 is 0 Å². The summed E-state index contributed by atoms with van der Waals surface area (Å²) in [4.78, 5) is 0. The maximum absolute atomic E-state index is 8.90. The molecule has 0 bridgehead atoms. The Morgan fingerprint density at radius 1 is 1.07 bits per heavy atom. The molecule has 0 fully saturated rings. The SMILES string of the molecule is N#Cc1ccc2ccc3c(c2c1)CCC3. The minimum atomic E-state index is 0.766. The summed E-state index contributed by atoms with van der Waals surface area (Å²) in [5.74, 6) is 0. The third-order valence-corrected chi connectivity index (χ3v) is 3.23. The second kappa shape index (κ2) is 3.10. The third kappa shape index (κ3) is 1.22. The molecule has 0 aromatic heterocycles. The Morgan fingerprint density at radius 2 is 1.93 bits per heavy atom. The molecule has 1 aliphatic carbocycles. The number of nitriles is 1. The molecule has 0 unspecified atom stereocenters. The highest BCUT2D eigenvalue weighted by Crippen LogP contribution is 2.30. The quantitative estimate of drug-likeness (QED) is 0.630. The summed E-state index contributed by atoms with van der Waals surface area (Å²) in [7, 11) is 0. The van der Waals surface area contributed by atoms with Crippen LogP contribution in [0.5, 0.6) is 0 Å². The zero-order valence-corrected chi connectivity index (χ0v) is 8.46. The molecule has 0 heterocycles. The minimum absolute atomic E-state index is 0.766. The van der Waals surface area contributed by atoms with Crippen molar-refractivity contribution < 1.29 is 0 Å². The summed E-state index contributed by atoms with van der Waals surface area (Å²) >= 11 is 0. The Kier molecular flexibility index (Phi) is 1.76. The lowest BCUT2D eigenvalue weighted by atomic mass is 9.99. The molecule has 2 aromatic carbocycles. The third-order valence-electron chi connectivity index (χ3n) is 3.23. The number of benzene rings is 2. The maximum atomic E-state index is 8.90. The number of aryl methyl sites for hydroxylation is 2. The fourth-order valence-electron chi connectivity index (χ4n) is 2.48. The first-order chi connectivity index (χ1) is 7.38. The van der Waals surface area contributed by atoms with Gasteiger partial charge in [0.1, 0.15) is 0 Å². The number of nitrogens with zero attached hydrogens (tertiary/aromatic N) is 1. The monoisotopic (exact) mass is 193 g/mol. The van der Waals surface area contributed by atoms with E-state index in [0.717, 1.165) is 5.56 Å². The van der Waals surface area contributed by atoms with E-state index in [9.17, 15) is 0 Å². The molecule has 0 saturated heterocycles. The van der Waals surface area contributed by atoms with Crippen molar-refractivity contribution in [2.75, 3.05) is 0 Å². The van der Waals surface area contributed by atoms with Crippen LogP contribution >= 0.6 is 0 Å². The standard InChI is InChI=1S/C14H11N/c15-9-10-4-5-12-7-6-11-2-1-3-13(11)14(12)8-10/h4-8H,1-3H2. The summed E-state index contributed by atoms with van der Waals surface area (Å²) in [6.07, 6.45) is 3.62. The topological polar surface area (TPSA) is 23.8 Å². The first-order valence-electron chi connectivity index (χ1n) is 5.33. The van der Waals surface area contributed by atoms with E-state index in [0.29, 0.717) is 0 Å². The Morgan fingerprint density at radius 3 is 2.80 bits per heavy atom. The molecule has 72 valence electrons. The highest BCUT2D eigenvalue weighted by atomic mass is 14.2. The lowest BCUT2D eigenvalue weighted by Crippen LogP contribution is -1.86. The van der Waals surface area contributed by atoms with Crippen molar-refractivity contribution in [2.45, 2.75) is 19.3 Å². The molecule has 0 amide bonds. The fourth-order valence-corrected chi connectivity index (χ4v) is 2.48. The molecule has 1 aliphatic rings. The van der Waals surface area contributed by atoms with Crippen LogP contribution in [-0.2, 0) is 12.8 Å². The number of hydrogen-bond acceptors (Lipinski definition) is 1. The molecule has 2 aromatic rings. The highest BCUT2D eigenvalue weighted by molar-refractivity contribution is 5.88. The van der Waals surface area contributed by atoms with Crippen LogP contribution in [0.4, 0.5) is 0 Å². The average Bonchev–Trinajstić information content (AvgIpc) is 2.76. The van der Waals surface area contributed by atoms with Crippen LogP contribution in [0.1, 0.15) is 23.1 Å². The molecule has 1 nitrogen and oxygen atoms in total. The maximum Gasteiger partial charge on any atom is 0.0991 e. The molecule has 3 rings (SSSR count). The van der Waals surface area contributed by atoms with Crippen molar-refractivity contribution >= 4 is 10.8 Å². The first-order valence-corrected chi connectivity index (χ1v) is 5.33. The Balaban J connectivity index is 2.38. The van der Waals surface area contributed by atoms with E-state index in [2.05, 4.69) is 18.2 Å². The van der Waals surface area contributed by atoms with Crippen molar-refractivity contribution in [3.63, 3.8) is 0 Å².